The molecule has 1 aliphatic rings. The number of hydrogen-bond acceptors (Lipinski definition) is 6. The van der Waals surface area contributed by atoms with Crippen molar-refractivity contribution in [2.45, 2.75) is 70.3 Å². The van der Waals surface area contributed by atoms with Crippen LogP contribution in [-0.4, -0.2) is 44.3 Å². The zero-order chi connectivity index (χ0) is 24.1. The maximum Gasteiger partial charge on any atom is 0.511 e. The number of alkyl halides is 3. The van der Waals surface area contributed by atoms with Gasteiger partial charge >= 0.3 is 15.5 Å². The van der Waals surface area contributed by atoms with E-state index < -0.39 is 15.5 Å². The lowest BCUT2D eigenvalue weighted by Crippen LogP contribution is -2.37. The van der Waals surface area contributed by atoms with Gasteiger partial charge in [0.05, 0.1) is 18.8 Å². The minimum atomic E-state index is -5.31. The number of aryl methyl sites for hydroxylation is 2. The number of nitrogens with one attached hydrogen (secondary N) is 1. The molecule has 2 aromatic rings. The van der Waals surface area contributed by atoms with Crippen molar-refractivity contribution in [2.24, 2.45) is 0 Å². The van der Waals surface area contributed by atoms with Gasteiger partial charge in [-0.25, -0.2) is 18.1 Å². The smallest absolute Gasteiger partial charge is 0.441 e. The van der Waals surface area contributed by atoms with Gasteiger partial charge in [-0.15, -0.1) is 0 Å². The SMILES string of the molecule is Cc1cccc(-c2nc(COC3CCCC(OCCCNS(=O)(=O)C(F)(F)F)C3)c(C)o2)c1. The summed E-state index contributed by atoms with van der Waals surface area (Å²) in [6.07, 6.45) is 3.33. The zero-order valence-electron chi connectivity index (χ0n) is 18.7. The van der Waals surface area contributed by atoms with Crippen LogP contribution in [0.15, 0.2) is 28.7 Å². The van der Waals surface area contributed by atoms with Gasteiger partial charge in [-0.1, -0.05) is 17.7 Å². The first kappa shape index (κ1) is 25.7. The lowest BCUT2D eigenvalue weighted by atomic mass is 9.95. The molecule has 1 fully saturated rings. The lowest BCUT2D eigenvalue weighted by Gasteiger charge is -2.29. The molecule has 2 unspecified atom stereocenters. The number of sulfonamides is 1. The predicted octanol–water partition coefficient (Wildman–Crippen LogP) is 4.63. The summed E-state index contributed by atoms with van der Waals surface area (Å²) in [5, 5.41) is 0. The van der Waals surface area contributed by atoms with Crippen molar-refractivity contribution in [3.8, 4) is 11.5 Å². The molecule has 1 aliphatic carbocycles. The quantitative estimate of drug-likeness (QED) is 0.489. The number of oxazole rings is 1. The summed E-state index contributed by atoms with van der Waals surface area (Å²) in [5.41, 5.74) is -2.53. The Hall–Kier alpha value is -1.95. The maximum absolute atomic E-state index is 12.3. The van der Waals surface area contributed by atoms with E-state index in [1.54, 1.807) is 0 Å². The van der Waals surface area contributed by atoms with Gasteiger partial charge in [-0.05, 0) is 58.1 Å². The van der Waals surface area contributed by atoms with Crippen molar-refractivity contribution in [1.82, 2.24) is 9.71 Å². The van der Waals surface area contributed by atoms with E-state index in [2.05, 4.69) is 4.98 Å². The molecule has 1 aromatic carbocycles. The fourth-order valence-electron chi connectivity index (χ4n) is 3.68. The summed E-state index contributed by atoms with van der Waals surface area (Å²) in [7, 11) is -5.31. The first-order valence-corrected chi connectivity index (χ1v) is 12.4. The Morgan fingerprint density at radius 3 is 2.61 bits per heavy atom. The number of ether oxygens (including phenoxy) is 2. The number of nitrogens with zero attached hydrogens (tertiary/aromatic N) is 1. The molecule has 33 heavy (non-hydrogen) atoms. The molecule has 1 N–H and O–H groups in total. The number of hydrogen-bond donors (Lipinski definition) is 1. The third kappa shape index (κ3) is 7.26. The molecule has 1 aromatic heterocycles. The molecule has 3 rings (SSSR count). The molecular weight excluding hydrogens is 461 g/mol. The van der Waals surface area contributed by atoms with Crippen LogP contribution in [0.2, 0.25) is 0 Å². The summed E-state index contributed by atoms with van der Waals surface area (Å²) in [4.78, 5) is 4.57. The van der Waals surface area contributed by atoms with Crippen LogP contribution < -0.4 is 4.72 Å². The van der Waals surface area contributed by atoms with Crippen LogP contribution in [0.25, 0.3) is 11.5 Å². The van der Waals surface area contributed by atoms with E-state index in [9.17, 15) is 21.6 Å². The molecule has 11 heteroatoms. The summed E-state index contributed by atoms with van der Waals surface area (Å²) in [6.45, 7) is 4.01. The number of aromatic nitrogens is 1. The van der Waals surface area contributed by atoms with Gasteiger partial charge in [-0.2, -0.15) is 13.2 Å². The molecule has 1 saturated carbocycles. The molecule has 0 saturated heterocycles. The molecule has 0 radical (unpaired) electrons. The fraction of sp³-hybridized carbons (Fsp3) is 0.591. The van der Waals surface area contributed by atoms with Crippen LogP contribution in [0.5, 0.6) is 0 Å². The van der Waals surface area contributed by atoms with Crippen molar-refractivity contribution in [2.75, 3.05) is 13.2 Å². The average Bonchev–Trinajstić information content (AvgIpc) is 3.12. The van der Waals surface area contributed by atoms with Crippen LogP contribution in [0.1, 0.15) is 49.1 Å². The van der Waals surface area contributed by atoms with Crippen molar-refractivity contribution >= 4 is 10.0 Å². The van der Waals surface area contributed by atoms with Crippen LogP contribution >= 0.6 is 0 Å². The molecular formula is C22H29F3N2O5S. The Morgan fingerprint density at radius 1 is 1.18 bits per heavy atom. The summed E-state index contributed by atoms with van der Waals surface area (Å²) < 4.78 is 77.9. The highest BCUT2D eigenvalue weighted by Gasteiger charge is 2.45. The van der Waals surface area contributed by atoms with E-state index in [4.69, 9.17) is 13.9 Å². The molecule has 184 valence electrons. The Balaban J connectivity index is 1.41. The van der Waals surface area contributed by atoms with E-state index in [0.717, 1.165) is 36.1 Å². The second kappa shape index (κ2) is 11.0. The zero-order valence-corrected chi connectivity index (χ0v) is 19.5. The highest BCUT2D eigenvalue weighted by molar-refractivity contribution is 7.90. The molecule has 0 bridgehead atoms. The van der Waals surface area contributed by atoms with Gasteiger partial charge in [0.2, 0.25) is 5.89 Å². The van der Waals surface area contributed by atoms with Gasteiger partial charge in [0, 0.05) is 18.7 Å². The van der Waals surface area contributed by atoms with Crippen LogP contribution in [0.4, 0.5) is 13.2 Å². The largest absolute Gasteiger partial charge is 0.511 e. The second-order valence-electron chi connectivity index (χ2n) is 8.18. The first-order valence-electron chi connectivity index (χ1n) is 10.9. The number of benzene rings is 1. The number of halogens is 3. The van der Waals surface area contributed by atoms with Gasteiger partial charge in [-0.3, -0.25) is 0 Å². The van der Waals surface area contributed by atoms with E-state index in [0.29, 0.717) is 24.7 Å². The summed E-state index contributed by atoms with van der Waals surface area (Å²) >= 11 is 0. The molecule has 1 heterocycles. The molecule has 7 nitrogen and oxygen atoms in total. The average molecular weight is 491 g/mol. The molecule has 0 aliphatic heterocycles. The van der Waals surface area contributed by atoms with E-state index in [-0.39, 0.29) is 31.8 Å². The maximum atomic E-state index is 12.3. The third-order valence-corrected chi connectivity index (χ3v) is 6.66. The fourth-order valence-corrected chi connectivity index (χ4v) is 4.25. The van der Waals surface area contributed by atoms with E-state index in [1.807, 2.05) is 38.1 Å². The minimum Gasteiger partial charge on any atom is -0.441 e. The monoisotopic (exact) mass is 490 g/mol. The first-order chi connectivity index (χ1) is 15.5. The van der Waals surface area contributed by atoms with Gasteiger partial charge in [0.25, 0.3) is 0 Å². The van der Waals surface area contributed by atoms with Crippen LogP contribution in [0, 0.1) is 13.8 Å². The summed E-state index contributed by atoms with van der Waals surface area (Å²) in [5.74, 6) is 1.26. The van der Waals surface area contributed by atoms with Crippen molar-refractivity contribution in [1.29, 1.82) is 0 Å². The lowest BCUT2D eigenvalue weighted by molar-refractivity contribution is -0.0518. The van der Waals surface area contributed by atoms with E-state index in [1.165, 1.54) is 4.72 Å². The van der Waals surface area contributed by atoms with Gasteiger partial charge in [0.1, 0.15) is 11.5 Å². The highest BCUT2D eigenvalue weighted by atomic mass is 32.2. The number of rotatable bonds is 10. The van der Waals surface area contributed by atoms with Crippen molar-refractivity contribution in [3.63, 3.8) is 0 Å². The van der Waals surface area contributed by atoms with Crippen LogP contribution in [-0.2, 0) is 26.1 Å². The highest BCUT2D eigenvalue weighted by Crippen LogP contribution is 2.27. The Labute approximate surface area is 191 Å². The molecule has 0 amide bonds. The normalized spacial score (nSPS) is 19.7. The summed E-state index contributed by atoms with van der Waals surface area (Å²) in [6, 6.07) is 7.91. The minimum absolute atomic E-state index is 0.0222. The Bertz CT molecular complexity index is 1020. The second-order valence-corrected chi connectivity index (χ2v) is 9.94. The van der Waals surface area contributed by atoms with Crippen molar-refractivity contribution in [3.05, 3.63) is 41.3 Å². The third-order valence-electron chi connectivity index (χ3n) is 5.46. The predicted molar refractivity (Wildman–Crippen MR) is 116 cm³/mol. The van der Waals surface area contributed by atoms with Gasteiger partial charge in [0.15, 0.2) is 0 Å². The van der Waals surface area contributed by atoms with Crippen LogP contribution in [0.3, 0.4) is 0 Å². The van der Waals surface area contributed by atoms with Crippen molar-refractivity contribution < 1.29 is 35.5 Å². The van der Waals surface area contributed by atoms with Gasteiger partial charge < -0.3 is 13.9 Å². The van der Waals surface area contributed by atoms with E-state index >= 15 is 0 Å². The molecule has 0 spiro atoms. The molecule has 2 atom stereocenters. The topological polar surface area (TPSA) is 90.7 Å². The Kier molecular flexibility index (Phi) is 8.54. The Morgan fingerprint density at radius 2 is 1.91 bits per heavy atom. The standard InChI is InChI=1S/C22H29F3N2O5S/c1-15-6-3-7-17(12-15)21-27-20(16(2)32-21)14-31-19-9-4-8-18(13-19)30-11-5-10-26-33(28,29)22(23,24)25/h3,6-7,12,18-19,26H,4-5,8-11,13-14H2,1-2H3.